The zero-order chi connectivity index (χ0) is 28.5. The number of para-hydroxylation sites is 2. The van der Waals surface area contributed by atoms with E-state index in [-0.39, 0.29) is 36.5 Å². The number of rotatable bonds is 9. The molecule has 4 amide bonds. The topological polar surface area (TPSA) is 98.8 Å². The van der Waals surface area contributed by atoms with Crippen molar-refractivity contribution in [1.82, 2.24) is 0 Å². The highest BCUT2D eigenvalue weighted by Crippen LogP contribution is 2.18. The van der Waals surface area contributed by atoms with Crippen LogP contribution in [0.5, 0.6) is 0 Å². The molecule has 4 aromatic rings. The van der Waals surface area contributed by atoms with Crippen molar-refractivity contribution >= 4 is 46.4 Å². The molecule has 0 fully saturated rings. The largest absolute Gasteiger partial charge is 0.326 e. The molecule has 0 spiro atoms. The molecule has 0 aliphatic carbocycles. The first kappa shape index (κ1) is 27.8. The first-order chi connectivity index (χ1) is 19.3. The Bertz CT molecular complexity index is 1360. The molecule has 202 valence electrons. The van der Waals surface area contributed by atoms with Gasteiger partial charge in [-0.15, -0.1) is 0 Å². The highest BCUT2D eigenvalue weighted by Gasteiger charge is 2.15. The summed E-state index contributed by atoms with van der Waals surface area (Å²) < 4.78 is 0. The molecule has 40 heavy (non-hydrogen) atoms. The molecule has 0 atom stereocenters. The SMILES string of the molecule is CN(C(=O)c1ccc(NC(=O)CCC(=O)Nc2ccc(C(=O)N(C)c3ccccc3)cc2)cc1)c1ccccc1. The van der Waals surface area contributed by atoms with Crippen LogP contribution in [0, 0.1) is 0 Å². The van der Waals surface area contributed by atoms with Gasteiger partial charge in [0.25, 0.3) is 11.8 Å². The standard InChI is InChI=1S/C32H30N4O4/c1-35(27-9-5-3-6-10-27)31(39)23-13-17-25(18-14-23)33-29(37)21-22-30(38)34-26-19-15-24(16-20-26)32(40)36(2)28-11-7-4-8-12-28/h3-20H,21-22H2,1-2H3,(H,33,37)(H,34,38). The first-order valence-corrected chi connectivity index (χ1v) is 12.8. The fourth-order valence-corrected chi connectivity index (χ4v) is 3.99. The Labute approximate surface area is 233 Å². The molecule has 0 aliphatic heterocycles. The van der Waals surface area contributed by atoms with Crippen LogP contribution in [-0.4, -0.2) is 37.7 Å². The summed E-state index contributed by atoms with van der Waals surface area (Å²) in [5.74, 6) is -0.969. The van der Waals surface area contributed by atoms with Gasteiger partial charge in [-0.25, -0.2) is 0 Å². The summed E-state index contributed by atoms with van der Waals surface area (Å²) in [6.45, 7) is 0. The van der Waals surface area contributed by atoms with Crippen molar-refractivity contribution in [3.8, 4) is 0 Å². The van der Waals surface area contributed by atoms with Gasteiger partial charge >= 0.3 is 0 Å². The predicted octanol–water partition coefficient (Wildman–Crippen LogP) is 5.60. The van der Waals surface area contributed by atoms with E-state index in [4.69, 9.17) is 0 Å². The van der Waals surface area contributed by atoms with Gasteiger partial charge in [0.1, 0.15) is 0 Å². The zero-order valence-corrected chi connectivity index (χ0v) is 22.3. The average molecular weight is 535 g/mol. The molecule has 0 aliphatic rings. The molecule has 8 nitrogen and oxygen atoms in total. The van der Waals surface area contributed by atoms with E-state index in [1.807, 2.05) is 60.7 Å². The van der Waals surface area contributed by atoms with Gasteiger partial charge in [-0.1, -0.05) is 36.4 Å². The van der Waals surface area contributed by atoms with Gasteiger partial charge < -0.3 is 20.4 Å². The van der Waals surface area contributed by atoms with Crippen molar-refractivity contribution in [1.29, 1.82) is 0 Å². The first-order valence-electron chi connectivity index (χ1n) is 12.8. The van der Waals surface area contributed by atoms with Crippen molar-refractivity contribution in [3.05, 3.63) is 120 Å². The molecule has 8 heteroatoms. The lowest BCUT2D eigenvalue weighted by molar-refractivity contribution is -0.121. The summed E-state index contributed by atoms with van der Waals surface area (Å²) in [6, 6.07) is 31.8. The summed E-state index contributed by atoms with van der Waals surface area (Å²) in [5, 5.41) is 5.49. The lowest BCUT2D eigenvalue weighted by Gasteiger charge is -2.17. The number of amides is 4. The third-order valence-corrected chi connectivity index (χ3v) is 6.31. The molecule has 4 rings (SSSR count). The Morgan fingerprint density at radius 2 is 0.825 bits per heavy atom. The summed E-state index contributed by atoms with van der Waals surface area (Å²) >= 11 is 0. The van der Waals surface area contributed by atoms with E-state index in [0.29, 0.717) is 22.5 Å². The Hall–Kier alpha value is -5.24. The minimum Gasteiger partial charge on any atom is -0.326 e. The predicted molar refractivity (Wildman–Crippen MR) is 158 cm³/mol. The van der Waals surface area contributed by atoms with E-state index in [9.17, 15) is 19.2 Å². The van der Waals surface area contributed by atoms with Crippen LogP contribution in [-0.2, 0) is 9.59 Å². The number of carbonyl (C=O) groups excluding carboxylic acids is 4. The van der Waals surface area contributed by atoms with Gasteiger partial charge in [-0.2, -0.15) is 0 Å². The maximum Gasteiger partial charge on any atom is 0.258 e. The highest BCUT2D eigenvalue weighted by molar-refractivity contribution is 6.07. The molecule has 0 aromatic heterocycles. The van der Waals surface area contributed by atoms with Crippen molar-refractivity contribution in [2.45, 2.75) is 12.8 Å². The van der Waals surface area contributed by atoms with Crippen LogP contribution in [0.1, 0.15) is 33.6 Å². The van der Waals surface area contributed by atoms with Crippen LogP contribution in [0.15, 0.2) is 109 Å². The number of benzene rings is 4. The lowest BCUT2D eigenvalue weighted by atomic mass is 10.1. The summed E-state index contributed by atoms with van der Waals surface area (Å²) in [6.07, 6.45) is -0.0244. The summed E-state index contributed by atoms with van der Waals surface area (Å²) in [7, 11) is 3.41. The van der Waals surface area contributed by atoms with Crippen molar-refractivity contribution in [3.63, 3.8) is 0 Å². The molecule has 4 aromatic carbocycles. The van der Waals surface area contributed by atoms with Gasteiger partial charge in [-0.3, -0.25) is 19.2 Å². The minimum atomic E-state index is -0.319. The lowest BCUT2D eigenvalue weighted by Crippen LogP contribution is -2.26. The van der Waals surface area contributed by atoms with Crippen LogP contribution in [0.3, 0.4) is 0 Å². The second-order valence-electron chi connectivity index (χ2n) is 9.15. The Balaban J connectivity index is 1.23. The molecule has 2 N–H and O–H groups in total. The van der Waals surface area contributed by atoms with Gasteiger partial charge in [-0.05, 0) is 72.8 Å². The summed E-state index contributed by atoms with van der Waals surface area (Å²) in [4.78, 5) is 53.3. The van der Waals surface area contributed by atoms with Gasteiger partial charge in [0.2, 0.25) is 11.8 Å². The number of hydrogen-bond acceptors (Lipinski definition) is 4. The van der Waals surface area contributed by atoms with E-state index in [2.05, 4.69) is 10.6 Å². The van der Waals surface area contributed by atoms with Gasteiger partial charge in [0.05, 0.1) is 0 Å². The third kappa shape index (κ3) is 7.20. The van der Waals surface area contributed by atoms with Crippen LogP contribution in [0.4, 0.5) is 22.7 Å². The number of nitrogens with one attached hydrogen (secondary N) is 2. The molecule has 0 radical (unpaired) electrons. The molecule has 0 unspecified atom stereocenters. The quantitative estimate of drug-likeness (QED) is 0.292. The normalized spacial score (nSPS) is 10.3. The maximum atomic E-state index is 12.7. The highest BCUT2D eigenvalue weighted by atomic mass is 16.2. The fourth-order valence-electron chi connectivity index (χ4n) is 3.99. The molecule has 0 saturated heterocycles. The monoisotopic (exact) mass is 534 g/mol. The number of anilines is 4. The van der Waals surface area contributed by atoms with Crippen LogP contribution in [0.2, 0.25) is 0 Å². The second kappa shape index (κ2) is 13.0. The fraction of sp³-hybridized carbons (Fsp3) is 0.125. The number of carbonyl (C=O) groups is 4. The Morgan fingerprint density at radius 3 is 1.15 bits per heavy atom. The van der Waals surface area contributed by atoms with Crippen LogP contribution in [0.25, 0.3) is 0 Å². The molecule has 0 heterocycles. The maximum absolute atomic E-state index is 12.7. The second-order valence-corrected chi connectivity index (χ2v) is 9.15. The van der Waals surface area contributed by atoms with Crippen LogP contribution < -0.4 is 20.4 Å². The third-order valence-electron chi connectivity index (χ3n) is 6.31. The van der Waals surface area contributed by atoms with Crippen molar-refractivity contribution < 1.29 is 19.2 Å². The molecular formula is C32H30N4O4. The van der Waals surface area contributed by atoms with Gasteiger partial charge in [0.15, 0.2) is 0 Å². The van der Waals surface area contributed by atoms with E-state index in [1.54, 1.807) is 72.4 Å². The molecule has 0 saturated carbocycles. The smallest absolute Gasteiger partial charge is 0.258 e. The van der Waals surface area contributed by atoms with E-state index >= 15 is 0 Å². The van der Waals surface area contributed by atoms with Crippen molar-refractivity contribution in [2.24, 2.45) is 0 Å². The summed E-state index contributed by atoms with van der Waals surface area (Å²) in [5.41, 5.74) is 3.60. The van der Waals surface area contributed by atoms with E-state index in [1.165, 1.54) is 0 Å². The zero-order valence-electron chi connectivity index (χ0n) is 22.3. The Morgan fingerprint density at radius 1 is 0.500 bits per heavy atom. The number of nitrogens with zero attached hydrogens (tertiary/aromatic N) is 2. The van der Waals surface area contributed by atoms with E-state index < -0.39 is 0 Å². The molecular weight excluding hydrogens is 504 g/mol. The Kier molecular flexibility index (Phi) is 9.04. The van der Waals surface area contributed by atoms with Crippen LogP contribution >= 0.6 is 0 Å². The minimum absolute atomic E-state index is 0.0122. The van der Waals surface area contributed by atoms with Crippen molar-refractivity contribution in [2.75, 3.05) is 34.5 Å². The number of hydrogen-bond donors (Lipinski definition) is 2. The van der Waals surface area contributed by atoms with Gasteiger partial charge in [0, 0.05) is 60.8 Å². The average Bonchev–Trinajstić information content (AvgIpc) is 3.00. The van der Waals surface area contributed by atoms with E-state index in [0.717, 1.165) is 11.4 Å². The molecule has 0 bridgehead atoms.